The highest BCUT2D eigenvalue weighted by molar-refractivity contribution is 7.86. The Kier molecular flexibility index (Phi) is 7.78. The summed E-state index contributed by atoms with van der Waals surface area (Å²) in [7, 11) is -3.88. The van der Waals surface area contributed by atoms with E-state index in [0.717, 1.165) is 0 Å². The zero-order chi connectivity index (χ0) is 10.4. The fourth-order valence-corrected chi connectivity index (χ4v) is 0.365. The van der Waals surface area contributed by atoms with Gasteiger partial charge < -0.3 is 14.8 Å². The van der Waals surface area contributed by atoms with Crippen LogP contribution in [0.15, 0.2) is 0 Å². The summed E-state index contributed by atoms with van der Waals surface area (Å²) >= 11 is -2.86. The molecule has 4 N–H and O–H groups in total. The van der Waals surface area contributed by atoms with Gasteiger partial charge in [0.2, 0.25) is 0 Å². The third-order valence-corrected chi connectivity index (χ3v) is 2.05. The van der Waals surface area contributed by atoms with Crippen molar-refractivity contribution >= 4 is 21.5 Å². The summed E-state index contributed by atoms with van der Waals surface area (Å²) in [5.41, 5.74) is 4.92. The van der Waals surface area contributed by atoms with Crippen LogP contribution < -0.4 is 5.73 Å². The van der Waals surface area contributed by atoms with E-state index in [1.807, 2.05) is 0 Å². The Balaban J connectivity index is 0. The van der Waals surface area contributed by atoms with Crippen LogP contribution in [0.5, 0.6) is 0 Å². The molecule has 9 heteroatoms. The van der Waals surface area contributed by atoms with E-state index in [9.17, 15) is 8.42 Å². The van der Waals surface area contributed by atoms with Crippen molar-refractivity contribution in [3.63, 3.8) is 0 Å². The Morgan fingerprint density at radius 1 is 1.67 bits per heavy atom. The van der Waals surface area contributed by atoms with E-state index < -0.39 is 26.7 Å². The maximum Gasteiger partial charge on any atom is 0.268 e. The maximum atomic E-state index is 10.0. The van der Waals surface area contributed by atoms with Crippen LogP contribution in [-0.2, 0) is 21.5 Å². The Bertz CT molecular complexity index is 219. The molecule has 0 bridgehead atoms. The quantitative estimate of drug-likeness (QED) is 0.382. The molecule has 7 nitrogen and oxygen atoms in total. The van der Waals surface area contributed by atoms with Gasteiger partial charge >= 0.3 is 0 Å². The standard InChI is InChI=1S/C3H9NO3S.H2O3S/c1-3(2-4)8(5,6)7;1-4(2)3/h3H,2,4H2,1H3,(H,5,6,7);(H2,1,2,3)/p-1. The summed E-state index contributed by atoms with van der Waals surface area (Å²) in [5.74, 6) is 0. The average molecular weight is 220 g/mol. The fourth-order valence-electron chi connectivity index (χ4n) is 0.122. The highest BCUT2D eigenvalue weighted by atomic mass is 32.2. The molecule has 12 heavy (non-hydrogen) atoms. The van der Waals surface area contributed by atoms with E-state index >= 15 is 0 Å². The van der Waals surface area contributed by atoms with Crippen molar-refractivity contribution in [3.05, 3.63) is 0 Å². The molecule has 2 unspecified atom stereocenters. The minimum absolute atomic E-state index is 0.0428. The first-order valence-corrected chi connectivity index (χ1v) is 5.20. The molecule has 0 aliphatic heterocycles. The zero-order valence-electron chi connectivity index (χ0n) is 6.21. The van der Waals surface area contributed by atoms with Crippen LogP contribution in [0.3, 0.4) is 0 Å². The van der Waals surface area contributed by atoms with E-state index in [1.54, 1.807) is 0 Å². The molecule has 0 aliphatic rings. The summed E-state index contributed by atoms with van der Waals surface area (Å²) in [6.07, 6.45) is 0. The van der Waals surface area contributed by atoms with Gasteiger partial charge in [-0.2, -0.15) is 8.42 Å². The molecule has 2 atom stereocenters. The van der Waals surface area contributed by atoms with Gasteiger partial charge in [0.1, 0.15) is 0 Å². The summed E-state index contributed by atoms with van der Waals surface area (Å²) in [5, 5.41) is -0.845. The third-order valence-electron chi connectivity index (χ3n) is 0.840. The van der Waals surface area contributed by atoms with E-state index in [0.29, 0.717) is 0 Å². The molecule has 0 spiro atoms. The van der Waals surface area contributed by atoms with Gasteiger partial charge in [0.05, 0.1) is 16.6 Å². The monoisotopic (exact) mass is 220 g/mol. The number of nitrogens with two attached hydrogens (primary N) is 1. The molecular weight excluding hydrogens is 210 g/mol. The van der Waals surface area contributed by atoms with Gasteiger partial charge in [-0.3, -0.25) is 4.55 Å². The van der Waals surface area contributed by atoms with Gasteiger partial charge in [-0.05, 0) is 6.92 Å². The van der Waals surface area contributed by atoms with E-state index in [-0.39, 0.29) is 6.54 Å². The average Bonchev–Trinajstić information content (AvgIpc) is 1.82. The molecule has 0 aliphatic carbocycles. The fraction of sp³-hybridized carbons (Fsp3) is 1.00. The van der Waals surface area contributed by atoms with Gasteiger partial charge in [0, 0.05) is 6.54 Å². The van der Waals surface area contributed by atoms with Crippen LogP contribution in [0.2, 0.25) is 0 Å². The molecule has 76 valence electrons. The topological polar surface area (TPSA) is 141 Å². The summed E-state index contributed by atoms with van der Waals surface area (Å²) in [4.78, 5) is 0. The predicted molar refractivity (Wildman–Crippen MR) is 41.6 cm³/mol. The summed E-state index contributed by atoms with van der Waals surface area (Å²) in [6.45, 7) is 1.30. The molecule has 0 aromatic heterocycles. The van der Waals surface area contributed by atoms with Crippen LogP contribution in [0.1, 0.15) is 6.92 Å². The molecule has 0 fully saturated rings. The molecule has 0 rings (SSSR count). The Morgan fingerprint density at radius 2 is 1.92 bits per heavy atom. The Labute approximate surface area is 72.8 Å². The second kappa shape index (κ2) is 6.46. The zero-order valence-corrected chi connectivity index (χ0v) is 7.84. The minimum atomic E-state index is -3.88. The molecule has 0 saturated heterocycles. The Morgan fingerprint density at radius 3 is 1.92 bits per heavy atom. The molecule has 0 amide bonds. The van der Waals surface area contributed by atoms with Crippen molar-refractivity contribution in [2.75, 3.05) is 6.54 Å². The van der Waals surface area contributed by atoms with Crippen LogP contribution >= 0.6 is 0 Å². The number of hydrogen-bond donors (Lipinski definition) is 3. The molecular formula is C3H10NO6S2-. The van der Waals surface area contributed by atoms with Crippen molar-refractivity contribution in [1.29, 1.82) is 0 Å². The maximum absolute atomic E-state index is 10.0. The lowest BCUT2D eigenvalue weighted by atomic mass is 10.5. The van der Waals surface area contributed by atoms with Crippen LogP contribution in [-0.4, -0.2) is 38.1 Å². The molecule has 0 saturated carbocycles. The predicted octanol–water partition coefficient (Wildman–Crippen LogP) is -1.44. The van der Waals surface area contributed by atoms with Gasteiger partial charge in [-0.15, -0.1) is 0 Å². The van der Waals surface area contributed by atoms with Crippen molar-refractivity contribution < 1.29 is 26.3 Å². The largest absolute Gasteiger partial charge is 0.750 e. The van der Waals surface area contributed by atoms with Crippen molar-refractivity contribution in [3.8, 4) is 0 Å². The first-order valence-electron chi connectivity index (χ1n) is 2.66. The van der Waals surface area contributed by atoms with Crippen LogP contribution in [0.25, 0.3) is 0 Å². The molecule has 0 aromatic carbocycles. The van der Waals surface area contributed by atoms with E-state index in [2.05, 4.69) is 0 Å². The lowest BCUT2D eigenvalue weighted by Crippen LogP contribution is -2.25. The summed E-state index contributed by atoms with van der Waals surface area (Å²) < 4.78 is 52.3. The van der Waals surface area contributed by atoms with Crippen molar-refractivity contribution in [2.24, 2.45) is 5.73 Å². The van der Waals surface area contributed by atoms with E-state index in [1.165, 1.54) is 6.92 Å². The van der Waals surface area contributed by atoms with Gasteiger partial charge in [-0.1, -0.05) is 0 Å². The van der Waals surface area contributed by atoms with Gasteiger partial charge in [-0.25, -0.2) is 4.21 Å². The second-order valence-electron chi connectivity index (χ2n) is 1.78. The van der Waals surface area contributed by atoms with Gasteiger partial charge in [0.25, 0.3) is 10.1 Å². The third kappa shape index (κ3) is 12.6. The van der Waals surface area contributed by atoms with Gasteiger partial charge in [0.15, 0.2) is 0 Å². The van der Waals surface area contributed by atoms with Crippen molar-refractivity contribution in [2.45, 2.75) is 12.2 Å². The van der Waals surface area contributed by atoms with Crippen LogP contribution in [0, 0.1) is 0 Å². The summed E-state index contributed by atoms with van der Waals surface area (Å²) in [6, 6.07) is 0. The number of hydrogen-bond acceptors (Lipinski definition) is 5. The highest BCUT2D eigenvalue weighted by Crippen LogP contribution is 1.91. The molecule has 0 heterocycles. The second-order valence-corrected chi connectivity index (χ2v) is 4.05. The lowest BCUT2D eigenvalue weighted by Gasteiger charge is -2.00. The van der Waals surface area contributed by atoms with Crippen LogP contribution in [0.4, 0.5) is 0 Å². The molecule has 0 aromatic rings. The minimum Gasteiger partial charge on any atom is -0.750 e. The first kappa shape index (κ1) is 14.5. The smallest absolute Gasteiger partial charge is 0.268 e. The SMILES string of the molecule is CC(CN)S(=O)(=O)O.O=S([O-])O. The van der Waals surface area contributed by atoms with Crippen molar-refractivity contribution in [1.82, 2.24) is 0 Å². The Hall–Kier alpha value is -0.0600. The normalized spacial score (nSPS) is 15.8. The first-order chi connectivity index (χ1) is 5.21. The number of rotatable bonds is 2. The molecule has 0 radical (unpaired) electrons. The van der Waals surface area contributed by atoms with E-state index in [4.69, 9.17) is 23.6 Å². The highest BCUT2D eigenvalue weighted by Gasteiger charge is 2.13. The lowest BCUT2D eigenvalue weighted by molar-refractivity contribution is 0.436.